The number of hydrogen-bond donors (Lipinski definition) is 1. The van der Waals surface area contributed by atoms with E-state index in [1.54, 1.807) is 20.4 Å². The molecule has 0 fully saturated rings. The molecule has 130 valence electrons. The standard InChI is InChI=1S/C17H28N4O.HI/c1-5-6-7-8-9-13-21(3)17(18-2)20-14-15-11-10-12-19-16(15)22-4;/h5,10-12H,1,6-9,13-14H2,2-4H3,(H,18,20);1H. The van der Waals surface area contributed by atoms with Crippen molar-refractivity contribution >= 4 is 29.9 Å². The Kier molecular flexibility index (Phi) is 12.4. The van der Waals surface area contributed by atoms with Gasteiger partial charge >= 0.3 is 0 Å². The Bertz CT molecular complexity index is 479. The molecule has 1 heterocycles. The molecule has 0 atom stereocenters. The van der Waals surface area contributed by atoms with Crippen molar-refractivity contribution < 1.29 is 4.74 Å². The summed E-state index contributed by atoms with van der Waals surface area (Å²) in [6.45, 7) is 5.38. The first-order chi connectivity index (χ1) is 10.7. The normalized spacial score (nSPS) is 10.7. The van der Waals surface area contributed by atoms with E-state index in [1.165, 1.54) is 12.8 Å². The van der Waals surface area contributed by atoms with Gasteiger partial charge < -0.3 is 15.0 Å². The number of ether oxygens (including phenoxy) is 1. The first-order valence-corrected chi connectivity index (χ1v) is 7.73. The van der Waals surface area contributed by atoms with Gasteiger partial charge in [0.2, 0.25) is 5.88 Å². The van der Waals surface area contributed by atoms with Crippen molar-refractivity contribution in [3.8, 4) is 5.88 Å². The number of methoxy groups -OCH3 is 1. The van der Waals surface area contributed by atoms with Crippen LogP contribution < -0.4 is 10.1 Å². The Morgan fingerprint density at radius 3 is 2.87 bits per heavy atom. The molecule has 0 spiro atoms. The predicted molar refractivity (Wildman–Crippen MR) is 108 cm³/mol. The van der Waals surface area contributed by atoms with Crippen LogP contribution in [0.25, 0.3) is 0 Å². The maximum Gasteiger partial charge on any atom is 0.218 e. The summed E-state index contributed by atoms with van der Waals surface area (Å²) in [5.41, 5.74) is 1.02. The Morgan fingerprint density at radius 1 is 1.43 bits per heavy atom. The van der Waals surface area contributed by atoms with Crippen LogP contribution >= 0.6 is 24.0 Å². The van der Waals surface area contributed by atoms with Crippen LogP contribution in [0.3, 0.4) is 0 Å². The van der Waals surface area contributed by atoms with Crippen LogP contribution in [0.1, 0.15) is 31.2 Å². The molecule has 0 saturated carbocycles. The fourth-order valence-corrected chi connectivity index (χ4v) is 2.22. The minimum atomic E-state index is 0. The van der Waals surface area contributed by atoms with Crippen LogP contribution in [-0.4, -0.2) is 43.6 Å². The fraction of sp³-hybridized carbons (Fsp3) is 0.529. The smallest absolute Gasteiger partial charge is 0.218 e. The first-order valence-electron chi connectivity index (χ1n) is 7.73. The van der Waals surface area contributed by atoms with E-state index in [4.69, 9.17) is 4.74 Å². The Labute approximate surface area is 157 Å². The monoisotopic (exact) mass is 432 g/mol. The van der Waals surface area contributed by atoms with Crippen molar-refractivity contribution in [1.29, 1.82) is 0 Å². The van der Waals surface area contributed by atoms with Crippen LogP contribution in [0.5, 0.6) is 5.88 Å². The van der Waals surface area contributed by atoms with Crippen molar-refractivity contribution in [2.24, 2.45) is 4.99 Å². The van der Waals surface area contributed by atoms with Crippen LogP contribution in [0.2, 0.25) is 0 Å². The summed E-state index contributed by atoms with van der Waals surface area (Å²) in [5, 5.41) is 3.35. The van der Waals surface area contributed by atoms with E-state index in [-0.39, 0.29) is 24.0 Å². The van der Waals surface area contributed by atoms with Gasteiger partial charge in [0.25, 0.3) is 0 Å². The van der Waals surface area contributed by atoms with Gasteiger partial charge in [-0.05, 0) is 25.3 Å². The molecule has 1 aromatic heterocycles. The number of allylic oxidation sites excluding steroid dienone is 1. The predicted octanol–water partition coefficient (Wildman–Crippen LogP) is 3.46. The highest BCUT2D eigenvalue weighted by Gasteiger charge is 2.08. The maximum absolute atomic E-state index is 5.26. The third kappa shape index (κ3) is 8.20. The molecule has 23 heavy (non-hydrogen) atoms. The van der Waals surface area contributed by atoms with Crippen LogP contribution in [0, 0.1) is 0 Å². The average Bonchev–Trinajstić information content (AvgIpc) is 2.55. The van der Waals surface area contributed by atoms with E-state index in [2.05, 4.69) is 33.8 Å². The van der Waals surface area contributed by atoms with Gasteiger partial charge in [0.15, 0.2) is 5.96 Å². The van der Waals surface area contributed by atoms with E-state index in [0.717, 1.165) is 30.9 Å². The summed E-state index contributed by atoms with van der Waals surface area (Å²) in [4.78, 5) is 10.7. The van der Waals surface area contributed by atoms with E-state index >= 15 is 0 Å². The molecule has 5 nitrogen and oxygen atoms in total. The molecule has 0 aliphatic rings. The number of guanidine groups is 1. The highest BCUT2D eigenvalue weighted by molar-refractivity contribution is 14.0. The maximum atomic E-state index is 5.26. The van der Waals surface area contributed by atoms with Gasteiger partial charge in [0, 0.05) is 38.9 Å². The van der Waals surface area contributed by atoms with Crippen LogP contribution in [0.15, 0.2) is 36.0 Å². The summed E-state index contributed by atoms with van der Waals surface area (Å²) < 4.78 is 5.26. The SMILES string of the molecule is C=CCCCCCN(C)C(=NC)NCc1cccnc1OC.I. The van der Waals surface area contributed by atoms with Crippen molar-refractivity contribution in [3.63, 3.8) is 0 Å². The second kappa shape index (κ2) is 13.2. The summed E-state index contributed by atoms with van der Waals surface area (Å²) in [5.74, 6) is 1.53. The van der Waals surface area contributed by atoms with E-state index in [9.17, 15) is 0 Å². The zero-order valence-corrected chi connectivity index (χ0v) is 16.7. The number of pyridine rings is 1. The number of aromatic nitrogens is 1. The lowest BCUT2D eigenvalue weighted by Crippen LogP contribution is -2.39. The molecular weight excluding hydrogens is 403 g/mol. The molecule has 0 saturated heterocycles. The quantitative estimate of drug-likeness (QED) is 0.214. The molecule has 0 aliphatic carbocycles. The Hall–Kier alpha value is -1.31. The van der Waals surface area contributed by atoms with Crippen molar-refractivity contribution in [3.05, 3.63) is 36.5 Å². The van der Waals surface area contributed by atoms with E-state index in [1.807, 2.05) is 18.2 Å². The van der Waals surface area contributed by atoms with Gasteiger partial charge in [-0.25, -0.2) is 4.98 Å². The number of hydrogen-bond acceptors (Lipinski definition) is 3. The van der Waals surface area contributed by atoms with Gasteiger partial charge in [-0.3, -0.25) is 4.99 Å². The molecule has 0 unspecified atom stereocenters. The summed E-state index contributed by atoms with van der Waals surface area (Å²) in [7, 11) is 5.50. The lowest BCUT2D eigenvalue weighted by molar-refractivity contribution is 0.391. The van der Waals surface area contributed by atoms with Crippen molar-refractivity contribution in [1.82, 2.24) is 15.2 Å². The lowest BCUT2D eigenvalue weighted by atomic mass is 10.2. The lowest BCUT2D eigenvalue weighted by Gasteiger charge is -2.22. The molecule has 0 aliphatic heterocycles. The number of aliphatic imine (C=N–C) groups is 1. The number of rotatable bonds is 9. The van der Waals surface area contributed by atoms with Gasteiger partial charge in [-0.1, -0.05) is 18.6 Å². The highest BCUT2D eigenvalue weighted by Crippen LogP contribution is 2.13. The highest BCUT2D eigenvalue weighted by atomic mass is 127. The molecule has 1 aromatic rings. The summed E-state index contributed by atoms with van der Waals surface area (Å²) in [6.07, 6.45) is 8.37. The number of halogens is 1. The molecule has 0 bridgehead atoms. The fourth-order valence-electron chi connectivity index (χ4n) is 2.22. The minimum Gasteiger partial charge on any atom is -0.481 e. The van der Waals surface area contributed by atoms with Crippen LogP contribution in [0.4, 0.5) is 0 Å². The molecule has 1 N–H and O–H groups in total. The third-order valence-electron chi connectivity index (χ3n) is 3.46. The van der Waals surface area contributed by atoms with Crippen molar-refractivity contribution in [2.45, 2.75) is 32.2 Å². The Balaban J connectivity index is 0.00000484. The minimum absolute atomic E-state index is 0. The number of unbranched alkanes of at least 4 members (excludes halogenated alkanes) is 3. The summed E-state index contributed by atoms with van der Waals surface area (Å²) in [6, 6.07) is 3.91. The first kappa shape index (κ1) is 21.7. The molecule has 0 amide bonds. The second-order valence-corrected chi connectivity index (χ2v) is 5.13. The topological polar surface area (TPSA) is 49.8 Å². The Morgan fingerprint density at radius 2 is 2.22 bits per heavy atom. The van der Waals surface area contributed by atoms with E-state index in [0.29, 0.717) is 12.4 Å². The molecule has 0 radical (unpaired) electrons. The molecule has 0 aromatic carbocycles. The van der Waals surface area contributed by atoms with Gasteiger partial charge in [-0.2, -0.15) is 0 Å². The zero-order valence-electron chi connectivity index (χ0n) is 14.4. The summed E-state index contributed by atoms with van der Waals surface area (Å²) >= 11 is 0. The molecular formula is C17H29IN4O. The van der Waals surface area contributed by atoms with Gasteiger partial charge in [-0.15, -0.1) is 30.6 Å². The number of nitrogens with one attached hydrogen (secondary N) is 1. The van der Waals surface area contributed by atoms with E-state index < -0.39 is 0 Å². The second-order valence-electron chi connectivity index (χ2n) is 5.13. The van der Waals surface area contributed by atoms with Gasteiger partial charge in [0.05, 0.1) is 7.11 Å². The third-order valence-corrected chi connectivity index (χ3v) is 3.46. The van der Waals surface area contributed by atoms with Crippen LogP contribution in [-0.2, 0) is 6.54 Å². The number of nitrogens with zero attached hydrogens (tertiary/aromatic N) is 3. The average molecular weight is 432 g/mol. The van der Waals surface area contributed by atoms with Gasteiger partial charge in [0.1, 0.15) is 0 Å². The molecule has 6 heteroatoms. The largest absolute Gasteiger partial charge is 0.481 e. The molecule has 1 rings (SSSR count). The zero-order chi connectivity index (χ0) is 16.2. The van der Waals surface area contributed by atoms with Crippen molar-refractivity contribution in [2.75, 3.05) is 27.7 Å².